The monoisotopic (exact) mass is 483 g/mol. The van der Waals surface area contributed by atoms with Crippen LogP contribution in [0.3, 0.4) is 0 Å². The molecule has 1 atom stereocenters. The number of carbonyl (C=O) groups is 2. The van der Waals surface area contributed by atoms with Crippen LogP contribution < -0.4 is 20.1 Å². The fourth-order valence-electron chi connectivity index (χ4n) is 2.83. The van der Waals surface area contributed by atoms with Gasteiger partial charge in [0, 0.05) is 24.7 Å². The first kappa shape index (κ1) is 24.3. The first-order valence-electron chi connectivity index (χ1n) is 9.48. The summed E-state index contributed by atoms with van der Waals surface area (Å²) in [5.41, 5.74) is -0.219. The van der Waals surface area contributed by atoms with Crippen molar-refractivity contribution in [3.8, 4) is 17.3 Å². The Labute approximate surface area is 189 Å². The number of ether oxygens (including phenoxy) is 2. The molecule has 0 aliphatic heterocycles. The highest BCUT2D eigenvalue weighted by molar-refractivity contribution is 5.95. The highest BCUT2D eigenvalue weighted by Crippen LogP contribution is 2.26. The maximum atomic E-state index is 12.7. The summed E-state index contributed by atoms with van der Waals surface area (Å²) in [6.45, 7) is -4.96. The molecule has 11 nitrogen and oxygen atoms in total. The Bertz CT molecular complexity index is 1150. The van der Waals surface area contributed by atoms with Crippen molar-refractivity contribution in [2.24, 2.45) is 0 Å². The summed E-state index contributed by atoms with van der Waals surface area (Å²) < 4.78 is 60.0. The maximum absolute atomic E-state index is 12.7. The average molecular weight is 483 g/mol. The molecule has 34 heavy (non-hydrogen) atoms. The number of alkyl halides is 4. The Morgan fingerprint density at radius 3 is 2.15 bits per heavy atom. The molecule has 0 bridgehead atoms. The van der Waals surface area contributed by atoms with Gasteiger partial charge in [0.2, 0.25) is 0 Å². The molecule has 0 fully saturated rings. The molecule has 2 aromatic heterocycles. The zero-order chi connectivity index (χ0) is 24.8. The van der Waals surface area contributed by atoms with Crippen LogP contribution in [0.1, 0.15) is 39.6 Å². The van der Waals surface area contributed by atoms with Crippen molar-refractivity contribution < 1.29 is 36.6 Å². The van der Waals surface area contributed by atoms with Crippen molar-refractivity contribution >= 4 is 11.8 Å². The number of benzene rings is 1. The molecule has 0 aliphatic rings. The van der Waals surface area contributed by atoms with E-state index >= 15 is 0 Å². The molecule has 3 aromatic rings. The number of nitrogens with zero attached hydrogens (tertiary/aromatic N) is 5. The number of hydrogen-bond acceptors (Lipinski definition) is 8. The molecule has 2 heterocycles. The van der Waals surface area contributed by atoms with Crippen molar-refractivity contribution in [2.75, 3.05) is 7.05 Å². The largest absolute Gasteiger partial charge is 0.435 e. The molecular weight excluding hydrogens is 466 g/mol. The molecule has 2 amide bonds. The average Bonchev–Trinajstić information content (AvgIpc) is 3.27. The normalized spacial score (nSPS) is 11.9. The van der Waals surface area contributed by atoms with Crippen LogP contribution in [-0.2, 0) is 0 Å². The van der Waals surface area contributed by atoms with Gasteiger partial charge in [0.25, 0.3) is 11.8 Å². The van der Waals surface area contributed by atoms with Crippen molar-refractivity contribution in [2.45, 2.75) is 26.2 Å². The molecule has 2 N–H and O–H groups in total. The molecule has 0 unspecified atom stereocenters. The van der Waals surface area contributed by atoms with Crippen LogP contribution in [-0.4, -0.2) is 56.8 Å². The SMILES string of the molecule is CNC(=O)c1cc(-n2ncnc2[C@H](C)NC(=O)c2cc(OC(F)F)cc(OC(F)F)c2)ncn1. The topological polar surface area (TPSA) is 133 Å². The lowest BCUT2D eigenvalue weighted by molar-refractivity contribution is -0.0543. The van der Waals surface area contributed by atoms with Crippen LogP contribution in [0.25, 0.3) is 5.82 Å². The number of aromatic nitrogens is 5. The fourth-order valence-corrected chi connectivity index (χ4v) is 2.83. The van der Waals surface area contributed by atoms with Crippen LogP contribution in [0.15, 0.2) is 36.9 Å². The predicted molar refractivity (Wildman–Crippen MR) is 106 cm³/mol. The summed E-state index contributed by atoms with van der Waals surface area (Å²) in [5, 5.41) is 9.00. The molecule has 180 valence electrons. The minimum Gasteiger partial charge on any atom is -0.435 e. The summed E-state index contributed by atoms with van der Waals surface area (Å²) in [4.78, 5) is 36.5. The molecule has 15 heteroatoms. The number of hydrogen-bond donors (Lipinski definition) is 2. The third kappa shape index (κ3) is 5.93. The predicted octanol–water partition coefficient (Wildman–Crippen LogP) is 2.11. The first-order valence-corrected chi connectivity index (χ1v) is 9.48. The quantitative estimate of drug-likeness (QED) is 0.442. The number of rotatable bonds is 9. The molecule has 0 saturated carbocycles. The Morgan fingerprint density at radius 1 is 0.912 bits per heavy atom. The van der Waals surface area contributed by atoms with Gasteiger partial charge in [-0.2, -0.15) is 27.3 Å². The van der Waals surface area contributed by atoms with Gasteiger partial charge in [-0.3, -0.25) is 9.59 Å². The van der Waals surface area contributed by atoms with Crippen molar-refractivity contribution in [3.63, 3.8) is 0 Å². The van der Waals surface area contributed by atoms with Gasteiger partial charge in [0.1, 0.15) is 29.8 Å². The van der Waals surface area contributed by atoms with Crippen molar-refractivity contribution in [1.82, 2.24) is 35.4 Å². The lowest BCUT2D eigenvalue weighted by Gasteiger charge is -2.16. The van der Waals surface area contributed by atoms with Crippen LogP contribution in [0.5, 0.6) is 11.5 Å². The molecule has 0 saturated heterocycles. The number of halogens is 4. The van der Waals surface area contributed by atoms with Crippen LogP contribution in [0.2, 0.25) is 0 Å². The van der Waals surface area contributed by atoms with Gasteiger partial charge in [-0.05, 0) is 19.1 Å². The van der Waals surface area contributed by atoms with Crippen molar-refractivity contribution in [1.29, 1.82) is 0 Å². The molecule has 3 rings (SSSR count). The summed E-state index contributed by atoms with van der Waals surface area (Å²) in [7, 11) is 1.43. The third-order valence-corrected chi connectivity index (χ3v) is 4.23. The van der Waals surface area contributed by atoms with Crippen molar-refractivity contribution in [3.05, 3.63) is 54.0 Å². The molecule has 0 aliphatic carbocycles. The maximum Gasteiger partial charge on any atom is 0.387 e. The second-order valence-corrected chi connectivity index (χ2v) is 6.52. The van der Waals surface area contributed by atoms with E-state index in [1.54, 1.807) is 0 Å². The second-order valence-electron chi connectivity index (χ2n) is 6.52. The standard InChI is InChI=1S/C19H17F4N7O4/c1-9(15-27-8-28-30(15)14-6-13(17(32)24-2)25-7-26-14)29-16(31)10-3-11(33-18(20)21)5-12(4-10)34-19(22)23/h3-9,18-19H,1-2H3,(H,24,32)(H,29,31)/t9-/m0/s1. The summed E-state index contributed by atoms with van der Waals surface area (Å²) in [6.07, 6.45) is 2.33. The Morgan fingerprint density at radius 2 is 1.56 bits per heavy atom. The van der Waals surface area contributed by atoms with E-state index in [1.165, 1.54) is 31.0 Å². The molecule has 0 radical (unpaired) electrons. The van der Waals surface area contributed by atoms with Crippen LogP contribution in [0, 0.1) is 0 Å². The zero-order valence-electron chi connectivity index (χ0n) is 17.6. The molecular formula is C19H17F4N7O4. The number of amides is 2. The molecule has 0 spiro atoms. The first-order chi connectivity index (χ1) is 16.2. The van der Waals surface area contributed by atoms with E-state index in [0.29, 0.717) is 0 Å². The van der Waals surface area contributed by atoms with E-state index < -0.39 is 42.6 Å². The van der Waals surface area contributed by atoms with E-state index in [9.17, 15) is 27.2 Å². The number of carbonyl (C=O) groups excluding carboxylic acids is 2. The van der Waals surface area contributed by atoms with Gasteiger partial charge in [-0.1, -0.05) is 0 Å². The Hall–Kier alpha value is -4.30. The van der Waals surface area contributed by atoms with Gasteiger partial charge < -0.3 is 20.1 Å². The highest BCUT2D eigenvalue weighted by atomic mass is 19.3. The van der Waals surface area contributed by atoms with Gasteiger partial charge in [0.15, 0.2) is 11.6 Å². The summed E-state index contributed by atoms with van der Waals surface area (Å²) in [5.74, 6) is -2.00. The lowest BCUT2D eigenvalue weighted by Crippen LogP contribution is -2.29. The summed E-state index contributed by atoms with van der Waals surface area (Å²) in [6, 6.07) is 3.21. The fraction of sp³-hybridized carbons (Fsp3) is 0.263. The Balaban J connectivity index is 1.85. The zero-order valence-corrected chi connectivity index (χ0v) is 17.6. The van der Waals surface area contributed by atoms with E-state index in [1.807, 2.05) is 0 Å². The lowest BCUT2D eigenvalue weighted by atomic mass is 10.1. The van der Waals surface area contributed by atoms with Gasteiger partial charge in [0.05, 0.1) is 6.04 Å². The van der Waals surface area contributed by atoms with Crippen LogP contribution >= 0.6 is 0 Å². The van der Waals surface area contributed by atoms with E-state index in [0.717, 1.165) is 24.5 Å². The third-order valence-electron chi connectivity index (χ3n) is 4.23. The smallest absolute Gasteiger partial charge is 0.387 e. The van der Waals surface area contributed by atoms with Gasteiger partial charge >= 0.3 is 13.2 Å². The van der Waals surface area contributed by atoms with E-state index in [-0.39, 0.29) is 22.9 Å². The Kier molecular flexibility index (Phi) is 7.55. The number of nitrogens with one attached hydrogen (secondary N) is 2. The van der Waals surface area contributed by atoms with E-state index in [4.69, 9.17) is 0 Å². The minimum atomic E-state index is -3.25. The summed E-state index contributed by atoms with van der Waals surface area (Å²) >= 11 is 0. The molecule has 1 aromatic carbocycles. The van der Waals surface area contributed by atoms with Gasteiger partial charge in [-0.25, -0.2) is 15.0 Å². The van der Waals surface area contributed by atoms with Crippen LogP contribution in [0.4, 0.5) is 17.6 Å². The van der Waals surface area contributed by atoms with E-state index in [2.05, 4.69) is 40.2 Å². The van der Waals surface area contributed by atoms with Gasteiger partial charge in [-0.15, -0.1) is 0 Å². The highest BCUT2D eigenvalue weighted by Gasteiger charge is 2.21. The second kappa shape index (κ2) is 10.5. The minimum absolute atomic E-state index is 0.0630.